The molecule has 0 bridgehead atoms. The lowest BCUT2D eigenvalue weighted by atomic mass is 9.95. The minimum absolute atomic E-state index is 0.00673. The summed E-state index contributed by atoms with van der Waals surface area (Å²) in [4.78, 5) is 37.9. The number of pyridine rings is 1. The number of aliphatic hydroxyl groups is 1. The van der Waals surface area contributed by atoms with Crippen molar-refractivity contribution in [3.05, 3.63) is 94.9 Å². The summed E-state index contributed by atoms with van der Waals surface area (Å²) >= 11 is 1.30. The highest BCUT2D eigenvalue weighted by atomic mass is 32.1. The van der Waals surface area contributed by atoms with Crippen LogP contribution in [0.5, 0.6) is 5.75 Å². The van der Waals surface area contributed by atoms with Crippen LogP contribution in [0.3, 0.4) is 0 Å². The van der Waals surface area contributed by atoms with Gasteiger partial charge >= 0.3 is 5.91 Å². The third kappa shape index (κ3) is 4.06. The Kier molecular flexibility index (Phi) is 6.15. The molecule has 1 fully saturated rings. The van der Waals surface area contributed by atoms with Gasteiger partial charge < -0.3 is 9.84 Å². The number of Topliss-reactive ketones (excluding diaryl/α,β-unsaturated/α-hetero) is 1. The summed E-state index contributed by atoms with van der Waals surface area (Å²) in [7, 11) is 0. The largest absolute Gasteiger partial charge is 0.505 e. The molecule has 1 aliphatic rings. The Hall–Kier alpha value is -4.50. The average molecular weight is 539 g/mol. The fourth-order valence-corrected chi connectivity index (χ4v) is 6.08. The van der Waals surface area contributed by atoms with Crippen LogP contribution in [0.25, 0.3) is 21.6 Å². The molecule has 0 spiro atoms. The molecule has 8 nitrogen and oxygen atoms in total. The lowest BCUT2D eigenvalue weighted by molar-refractivity contribution is -0.132. The molecule has 0 aliphatic carbocycles. The third-order valence-corrected chi connectivity index (χ3v) is 7.96. The van der Waals surface area contributed by atoms with Crippen LogP contribution in [-0.2, 0) is 16.0 Å². The van der Waals surface area contributed by atoms with Gasteiger partial charge in [-0.1, -0.05) is 48.6 Å². The summed E-state index contributed by atoms with van der Waals surface area (Å²) in [6.45, 7) is 6.28. The standard InChI is InChI=1S/C30H26N4O4S/c1-4-18-9-11-19(12-10-18)26-24(27(35)25-17(3)31-23-8-6-7-15-33(23)25)28(36)29(37)34(26)30-32-21-14-13-20(38-5-2)16-22(21)39-30/h6-16,26,35H,4-5H2,1-3H3. The first-order valence-electron chi connectivity index (χ1n) is 12.8. The van der Waals surface area contributed by atoms with Crippen molar-refractivity contribution in [2.45, 2.75) is 33.2 Å². The van der Waals surface area contributed by atoms with E-state index in [1.807, 2.05) is 67.6 Å². The average Bonchev–Trinajstić information content (AvgIpc) is 3.59. The van der Waals surface area contributed by atoms with Gasteiger partial charge in [-0.3, -0.25) is 18.9 Å². The van der Waals surface area contributed by atoms with E-state index in [4.69, 9.17) is 9.72 Å². The summed E-state index contributed by atoms with van der Waals surface area (Å²) in [5, 5.41) is 12.1. The summed E-state index contributed by atoms with van der Waals surface area (Å²) in [5.74, 6) is -1.07. The number of hydrogen-bond donors (Lipinski definition) is 1. The lowest BCUT2D eigenvalue weighted by Crippen LogP contribution is -2.29. The van der Waals surface area contributed by atoms with Gasteiger partial charge in [-0.2, -0.15) is 0 Å². The van der Waals surface area contributed by atoms with Gasteiger partial charge in [0.05, 0.1) is 34.1 Å². The minimum Gasteiger partial charge on any atom is -0.505 e. The summed E-state index contributed by atoms with van der Waals surface area (Å²) in [6.07, 6.45) is 2.62. The maximum atomic E-state index is 13.7. The van der Waals surface area contributed by atoms with Crippen LogP contribution in [0, 0.1) is 6.92 Å². The van der Waals surface area contributed by atoms with Crippen LogP contribution in [-0.4, -0.2) is 37.8 Å². The molecular weight excluding hydrogens is 512 g/mol. The zero-order valence-electron chi connectivity index (χ0n) is 21.7. The van der Waals surface area contributed by atoms with E-state index in [0.29, 0.717) is 45.6 Å². The van der Waals surface area contributed by atoms with Gasteiger partial charge in [0.25, 0.3) is 5.78 Å². The molecule has 5 aromatic rings. The smallest absolute Gasteiger partial charge is 0.301 e. The molecule has 1 N–H and O–H groups in total. The number of fused-ring (bicyclic) bond motifs is 2. The van der Waals surface area contributed by atoms with Crippen molar-refractivity contribution in [1.29, 1.82) is 0 Å². The van der Waals surface area contributed by atoms with Crippen molar-refractivity contribution in [2.24, 2.45) is 0 Å². The SMILES string of the molecule is CCOc1ccc2nc(N3C(=O)C(=O)C(=C(O)c4c(C)nc5ccccn45)C3c3ccc(CC)cc3)sc2c1. The molecule has 196 valence electrons. The van der Waals surface area contributed by atoms with Crippen LogP contribution in [0.4, 0.5) is 5.13 Å². The minimum atomic E-state index is -0.864. The number of carbonyl (C=O) groups is 2. The zero-order valence-corrected chi connectivity index (χ0v) is 22.5. The number of amides is 1. The third-order valence-electron chi connectivity index (χ3n) is 6.94. The van der Waals surface area contributed by atoms with Crippen molar-refractivity contribution >= 4 is 49.8 Å². The molecule has 1 unspecified atom stereocenters. The van der Waals surface area contributed by atoms with Crippen LogP contribution >= 0.6 is 11.3 Å². The fourth-order valence-electron chi connectivity index (χ4n) is 5.06. The first kappa shape index (κ1) is 24.8. The van der Waals surface area contributed by atoms with Crippen LogP contribution in [0.15, 0.2) is 72.4 Å². The number of aromatic nitrogens is 3. The number of rotatable bonds is 6. The normalized spacial score (nSPS) is 17.0. The molecule has 1 atom stereocenters. The second kappa shape index (κ2) is 9.67. The van der Waals surface area contributed by atoms with Crippen molar-refractivity contribution in [2.75, 3.05) is 11.5 Å². The Morgan fingerprint density at radius 3 is 2.59 bits per heavy atom. The first-order chi connectivity index (χ1) is 18.9. The maximum absolute atomic E-state index is 13.7. The molecule has 39 heavy (non-hydrogen) atoms. The predicted octanol–water partition coefficient (Wildman–Crippen LogP) is 5.84. The fraction of sp³-hybridized carbons (Fsp3) is 0.200. The van der Waals surface area contributed by atoms with E-state index in [1.165, 1.54) is 16.2 Å². The Bertz CT molecular complexity index is 1780. The maximum Gasteiger partial charge on any atom is 0.301 e. The van der Waals surface area contributed by atoms with Gasteiger partial charge in [-0.15, -0.1) is 0 Å². The summed E-state index contributed by atoms with van der Waals surface area (Å²) < 4.78 is 8.18. The second-order valence-corrected chi connectivity index (χ2v) is 10.3. The van der Waals surface area contributed by atoms with Crippen LogP contribution < -0.4 is 9.64 Å². The number of aryl methyl sites for hydroxylation is 2. The number of carbonyl (C=O) groups excluding carboxylic acids is 2. The highest BCUT2D eigenvalue weighted by Crippen LogP contribution is 2.45. The van der Waals surface area contributed by atoms with Gasteiger partial charge in [-0.25, -0.2) is 9.97 Å². The molecule has 1 aliphatic heterocycles. The molecule has 4 heterocycles. The molecular formula is C30H26N4O4S. The second-order valence-electron chi connectivity index (χ2n) is 9.30. The number of imidazole rings is 1. The molecule has 0 radical (unpaired) electrons. The molecule has 3 aromatic heterocycles. The van der Waals surface area contributed by atoms with E-state index < -0.39 is 17.7 Å². The van der Waals surface area contributed by atoms with E-state index in [9.17, 15) is 14.7 Å². The lowest BCUT2D eigenvalue weighted by Gasteiger charge is -2.23. The molecule has 1 amide bonds. The van der Waals surface area contributed by atoms with Gasteiger partial charge in [-0.05, 0) is 61.7 Å². The number of nitrogens with zero attached hydrogens (tertiary/aromatic N) is 4. The molecule has 6 rings (SSSR count). The predicted molar refractivity (Wildman–Crippen MR) is 151 cm³/mol. The van der Waals surface area contributed by atoms with E-state index in [-0.39, 0.29) is 11.3 Å². The topological polar surface area (TPSA) is 97.0 Å². The molecule has 1 saturated heterocycles. The van der Waals surface area contributed by atoms with E-state index >= 15 is 0 Å². The van der Waals surface area contributed by atoms with Crippen LogP contribution in [0.1, 0.15) is 42.4 Å². The van der Waals surface area contributed by atoms with Crippen LogP contribution in [0.2, 0.25) is 0 Å². The quantitative estimate of drug-likeness (QED) is 0.166. The monoisotopic (exact) mass is 538 g/mol. The number of ether oxygens (including phenoxy) is 1. The number of anilines is 1. The first-order valence-corrected chi connectivity index (χ1v) is 13.6. The van der Waals surface area contributed by atoms with Gasteiger partial charge in [0.2, 0.25) is 0 Å². The van der Waals surface area contributed by atoms with Gasteiger partial charge in [0.1, 0.15) is 17.1 Å². The number of ketones is 1. The highest BCUT2D eigenvalue weighted by molar-refractivity contribution is 7.22. The van der Waals surface area contributed by atoms with E-state index in [2.05, 4.69) is 11.9 Å². The van der Waals surface area contributed by atoms with Gasteiger partial charge in [0.15, 0.2) is 10.9 Å². The van der Waals surface area contributed by atoms with E-state index in [0.717, 1.165) is 16.7 Å². The molecule has 2 aromatic carbocycles. The number of hydrogen-bond acceptors (Lipinski definition) is 7. The highest BCUT2D eigenvalue weighted by Gasteiger charge is 2.48. The number of thiazole rings is 1. The van der Waals surface area contributed by atoms with Crippen molar-refractivity contribution in [1.82, 2.24) is 14.4 Å². The van der Waals surface area contributed by atoms with Crippen molar-refractivity contribution in [3.63, 3.8) is 0 Å². The Balaban J connectivity index is 1.57. The van der Waals surface area contributed by atoms with Crippen molar-refractivity contribution in [3.8, 4) is 5.75 Å². The molecule has 0 saturated carbocycles. The Morgan fingerprint density at radius 1 is 1.05 bits per heavy atom. The Morgan fingerprint density at radius 2 is 1.85 bits per heavy atom. The number of benzene rings is 2. The summed E-state index contributed by atoms with van der Waals surface area (Å²) in [6, 6.07) is 17.9. The molecule has 9 heteroatoms. The van der Waals surface area contributed by atoms with Gasteiger partial charge in [0, 0.05) is 6.20 Å². The Labute approximate surface area is 228 Å². The number of aliphatic hydroxyl groups excluding tert-OH is 1. The zero-order chi connectivity index (χ0) is 27.3. The summed E-state index contributed by atoms with van der Waals surface area (Å²) in [5.41, 5.74) is 4.08. The van der Waals surface area contributed by atoms with E-state index in [1.54, 1.807) is 17.5 Å². The van der Waals surface area contributed by atoms with Crippen molar-refractivity contribution < 1.29 is 19.4 Å².